The molecule has 0 bridgehead atoms. The van der Waals surface area contributed by atoms with E-state index < -0.39 is 0 Å². The van der Waals surface area contributed by atoms with Crippen LogP contribution in [0.3, 0.4) is 0 Å². The number of aliphatic imine (C=N–C) groups is 1. The van der Waals surface area contributed by atoms with Crippen LogP contribution in [0.1, 0.15) is 6.92 Å². The summed E-state index contributed by atoms with van der Waals surface area (Å²) in [6.45, 7) is 1.69. The molecule has 0 aliphatic heterocycles. The Morgan fingerprint density at radius 2 is 2.43 bits per heavy atom. The molecule has 0 unspecified atom stereocenters. The fourth-order valence-corrected chi connectivity index (χ4v) is 0.182. The summed E-state index contributed by atoms with van der Waals surface area (Å²) >= 11 is 0. The van der Waals surface area contributed by atoms with Gasteiger partial charge in [-0.2, -0.15) is 0 Å². The van der Waals surface area contributed by atoms with E-state index in [1.807, 2.05) is 0 Å². The molecule has 0 saturated heterocycles. The summed E-state index contributed by atoms with van der Waals surface area (Å²) in [6.07, 6.45) is 1.44. The molecular weight excluding hydrogens is 92.1 g/mol. The molecule has 0 aromatic carbocycles. The maximum atomic E-state index is 10.1. The molecule has 0 radical (unpaired) electrons. The fourth-order valence-electron chi connectivity index (χ4n) is 0.182. The molecule has 0 heterocycles. The molecule has 1 N–H and O–H groups in total. The molecule has 3 heteroatoms. The zero-order valence-electron chi connectivity index (χ0n) is 4.43. The fraction of sp³-hybridized carbons (Fsp3) is 0.500. The summed E-state index contributed by atoms with van der Waals surface area (Å²) in [5.74, 6) is 0. The average Bonchev–Trinajstić information content (AvgIpc) is 1.68. The van der Waals surface area contributed by atoms with E-state index in [2.05, 4.69) is 10.3 Å². The van der Waals surface area contributed by atoms with E-state index in [4.69, 9.17) is 0 Å². The molecule has 0 aromatic rings. The number of urea groups is 1. The van der Waals surface area contributed by atoms with Crippen LogP contribution in [0.25, 0.3) is 0 Å². The Labute approximate surface area is 42.4 Å². The van der Waals surface area contributed by atoms with Gasteiger partial charge in [-0.15, -0.1) is 0 Å². The minimum Gasteiger partial charge on any atom is -0.339 e. The molecule has 40 valence electrons. The first-order valence-electron chi connectivity index (χ1n) is 2.01. The second-order valence-corrected chi connectivity index (χ2v) is 0.942. The average molecular weight is 100 g/mol. The van der Waals surface area contributed by atoms with Gasteiger partial charge in [-0.25, -0.2) is 9.79 Å². The predicted octanol–water partition coefficient (Wildman–Crippen LogP) is 0.417. The van der Waals surface area contributed by atoms with Crippen molar-refractivity contribution >= 4 is 12.2 Å². The van der Waals surface area contributed by atoms with Gasteiger partial charge in [0, 0.05) is 13.3 Å². The van der Waals surface area contributed by atoms with E-state index in [-0.39, 0.29) is 6.03 Å². The lowest BCUT2D eigenvalue weighted by atomic mass is 10.8. The molecule has 0 fully saturated rings. The quantitative estimate of drug-likeness (QED) is 0.440. The van der Waals surface area contributed by atoms with Crippen molar-refractivity contribution in [3.05, 3.63) is 0 Å². The van der Waals surface area contributed by atoms with Gasteiger partial charge < -0.3 is 5.32 Å². The Kier molecular flexibility index (Phi) is 2.92. The zero-order valence-corrected chi connectivity index (χ0v) is 4.43. The predicted molar refractivity (Wildman–Crippen MR) is 28.6 cm³/mol. The van der Waals surface area contributed by atoms with Crippen LogP contribution in [-0.2, 0) is 0 Å². The Morgan fingerprint density at radius 1 is 1.86 bits per heavy atom. The highest BCUT2D eigenvalue weighted by molar-refractivity contribution is 5.82. The van der Waals surface area contributed by atoms with Crippen molar-refractivity contribution in [1.82, 2.24) is 5.32 Å². The summed E-state index contributed by atoms with van der Waals surface area (Å²) in [5.41, 5.74) is 0. The van der Waals surface area contributed by atoms with Crippen LogP contribution in [0, 0.1) is 0 Å². The van der Waals surface area contributed by atoms with Crippen LogP contribution in [0.5, 0.6) is 0 Å². The van der Waals surface area contributed by atoms with Gasteiger partial charge in [0.15, 0.2) is 0 Å². The van der Waals surface area contributed by atoms with Crippen LogP contribution in [0.2, 0.25) is 0 Å². The smallest absolute Gasteiger partial charge is 0.339 e. The van der Waals surface area contributed by atoms with Crippen molar-refractivity contribution < 1.29 is 4.79 Å². The molecule has 2 amide bonds. The van der Waals surface area contributed by atoms with Crippen molar-refractivity contribution in [3.8, 4) is 0 Å². The number of amides is 2. The first kappa shape index (κ1) is 6.14. The van der Waals surface area contributed by atoms with Gasteiger partial charge in [-0.1, -0.05) is 0 Å². The Morgan fingerprint density at radius 3 is 2.57 bits per heavy atom. The van der Waals surface area contributed by atoms with E-state index in [9.17, 15) is 4.79 Å². The van der Waals surface area contributed by atoms with Gasteiger partial charge in [0.25, 0.3) is 0 Å². The molecule has 0 spiro atoms. The van der Waals surface area contributed by atoms with Crippen LogP contribution in [0.15, 0.2) is 4.99 Å². The number of hydrogen-bond donors (Lipinski definition) is 1. The van der Waals surface area contributed by atoms with Crippen molar-refractivity contribution in [1.29, 1.82) is 0 Å². The van der Waals surface area contributed by atoms with Crippen molar-refractivity contribution in [2.45, 2.75) is 6.92 Å². The topological polar surface area (TPSA) is 41.5 Å². The highest BCUT2D eigenvalue weighted by Crippen LogP contribution is 1.65. The van der Waals surface area contributed by atoms with Gasteiger partial charge in [0.05, 0.1) is 0 Å². The van der Waals surface area contributed by atoms with E-state index in [1.54, 1.807) is 6.92 Å². The molecule has 0 aromatic heterocycles. The van der Waals surface area contributed by atoms with Gasteiger partial charge in [0.1, 0.15) is 0 Å². The summed E-state index contributed by atoms with van der Waals surface area (Å²) in [7, 11) is 1.54. The number of nitrogens with one attached hydrogen (secondary N) is 1. The molecule has 3 nitrogen and oxygen atoms in total. The normalized spacial score (nSPS) is 9.43. The summed E-state index contributed by atoms with van der Waals surface area (Å²) < 4.78 is 0. The lowest BCUT2D eigenvalue weighted by Crippen LogP contribution is -2.12. The van der Waals surface area contributed by atoms with Crippen LogP contribution in [0.4, 0.5) is 4.79 Å². The third kappa shape index (κ3) is 2.96. The van der Waals surface area contributed by atoms with E-state index >= 15 is 0 Å². The van der Waals surface area contributed by atoms with Crippen LogP contribution in [-0.4, -0.2) is 19.3 Å². The summed E-state index contributed by atoms with van der Waals surface area (Å²) in [6, 6.07) is -0.303. The first-order valence-corrected chi connectivity index (χ1v) is 2.01. The SMILES string of the molecule is C/C=N/C(=O)NC. The summed E-state index contributed by atoms with van der Waals surface area (Å²) in [4.78, 5) is 13.5. The lowest BCUT2D eigenvalue weighted by molar-refractivity contribution is 0.251. The molecule has 7 heavy (non-hydrogen) atoms. The maximum absolute atomic E-state index is 10.1. The minimum atomic E-state index is -0.303. The van der Waals surface area contributed by atoms with Crippen molar-refractivity contribution in [2.75, 3.05) is 7.05 Å². The molecular formula is C4H8N2O. The third-order valence-electron chi connectivity index (χ3n) is 0.460. The second kappa shape index (κ2) is 3.33. The maximum Gasteiger partial charge on any atom is 0.340 e. The van der Waals surface area contributed by atoms with E-state index in [0.717, 1.165) is 0 Å². The molecule has 0 aliphatic rings. The first-order chi connectivity index (χ1) is 3.31. The highest BCUT2D eigenvalue weighted by Gasteiger charge is 1.82. The number of carbonyl (C=O) groups is 1. The minimum absolute atomic E-state index is 0.303. The second-order valence-electron chi connectivity index (χ2n) is 0.942. The van der Waals surface area contributed by atoms with Crippen LogP contribution >= 0.6 is 0 Å². The highest BCUT2D eigenvalue weighted by atomic mass is 16.2. The Hall–Kier alpha value is -0.860. The number of carbonyl (C=O) groups excluding carboxylic acids is 1. The standard InChI is InChI=1S/C4H8N2O/c1-3-6-4(7)5-2/h3H,1-2H3,(H,5,7)/b6-3+. The zero-order chi connectivity index (χ0) is 5.70. The monoisotopic (exact) mass is 100 g/mol. The van der Waals surface area contributed by atoms with Crippen LogP contribution < -0.4 is 5.32 Å². The van der Waals surface area contributed by atoms with E-state index in [1.165, 1.54) is 13.3 Å². The third-order valence-corrected chi connectivity index (χ3v) is 0.460. The molecule has 0 atom stereocenters. The van der Waals surface area contributed by atoms with Gasteiger partial charge in [-0.05, 0) is 6.92 Å². The van der Waals surface area contributed by atoms with Gasteiger partial charge in [-0.3, -0.25) is 0 Å². The number of hydrogen-bond acceptors (Lipinski definition) is 1. The number of nitrogens with zero attached hydrogens (tertiary/aromatic N) is 1. The Balaban J connectivity index is 3.37. The van der Waals surface area contributed by atoms with Gasteiger partial charge >= 0.3 is 6.03 Å². The van der Waals surface area contributed by atoms with Gasteiger partial charge in [0.2, 0.25) is 0 Å². The molecule has 0 aliphatic carbocycles. The Bertz CT molecular complexity index is 87.7. The van der Waals surface area contributed by atoms with Crippen molar-refractivity contribution in [2.24, 2.45) is 4.99 Å². The van der Waals surface area contributed by atoms with Crippen molar-refractivity contribution in [3.63, 3.8) is 0 Å². The number of rotatable bonds is 0. The lowest BCUT2D eigenvalue weighted by Gasteiger charge is -1.83. The van der Waals surface area contributed by atoms with E-state index in [0.29, 0.717) is 0 Å². The summed E-state index contributed by atoms with van der Waals surface area (Å²) in [5, 5.41) is 2.33. The molecule has 0 saturated carbocycles. The largest absolute Gasteiger partial charge is 0.340 e. The molecule has 0 rings (SSSR count).